The number of benzene rings is 1. The van der Waals surface area contributed by atoms with Crippen molar-refractivity contribution in [2.24, 2.45) is 0 Å². The van der Waals surface area contributed by atoms with Crippen molar-refractivity contribution in [3.8, 4) is 0 Å². The van der Waals surface area contributed by atoms with Crippen LogP contribution < -0.4 is 0 Å². The van der Waals surface area contributed by atoms with E-state index in [4.69, 9.17) is 4.74 Å². The van der Waals surface area contributed by atoms with Gasteiger partial charge in [0.2, 0.25) is 0 Å². The van der Waals surface area contributed by atoms with Crippen LogP contribution in [-0.2, 0) is 11.3 Å². The van der Waals surface area contributed by atoms with Crippen LogP contribution in [0.5, 0.6) is 0 Å². The second kappa shape index (κ2) is 5.48. The average molecular weight is 251 g/mol. The summed E-state index contributed by atoms with van der Waals surface area (Å²) in [7, 11) is 1.60. The van der Waals surface area contributed by atoms with Gasteiger partial charge in [0, 0.05) is 25.8 Å². The zero-order chi connectivity index (χ0) is 13.1. The molecule has 1 heterocycles. The molecule has 1 aromatic carbocycles. The fourth-order valence-corrected chi connectivity index (χ4v) is 2.08. The Morgan fingerprint density at radius 3 is 2.67 bits per heavy atom. The van der Waals surface area contributed by atoms with E-state index in [2.05, 4.69) is 0 Å². The lowest BCUT2D eigenvalue weighted by atomic mass is 10.1. The maximum absolute atomic E-state index is 12.2. The third-order valence-corrected chi connectivity index (χ3v) is 3.03. The van der Waals surface area contributed by atoms with Gasteiger partial charge >= 0.3 is 0 Å². The van der Waals surface area contributed by atoms with E-state index >= 15 is 0 Å². The maximum atomic E-state index is 12.2. The molecule has 0 saturated carbocycles. The Bertz CT molecular complexity index is 425. The molecule has 1 saturated heterocycles. The number of β-amino-alcohol motifs (C(OH)–C–C–N with tert-alkyl or cyclic N) is 2. The molecule has 1 aliphatic rings. The molecule has 5 heteroatoms. The van der Waals surface area contributed by atoms with Crippen LogP contribution in [0.1, 0.15) is 15.9 Å². The maximum Gasteiger partial charge on any atom is 0.254 e. The van der Waals surface area contributed by atoms with Crippen LogP contribution in [-0.4, -0.2) is 53.4 Å². The molecule has 1 fully saturated rings. The van der Waals surface area contributed by atoms with E-state index in [1.165, 1.54) is 4.90 Å². The van der Waals surface area contributed by atoms with Crippen molar-refractivity contribution in [2.45, 2.75) is 18.8 Å². The molecule has 18 heavy (non-hydrogen) atoms. The lowest BCUT2D eigenvalue weighted by Gasteiger charge is -2.15. The molecule has 0 radical (unpaired) electrons. The molecule has 2 atom stereocenters. The molecule has 0 spiro atoms. The summed E-state index contributed by atoms with van der Waals surface area (Å²) in [6, 6.07) is 7.17. The minimum atomic E-state index is -0.851. The largest absolute Gasteiger partial charge is 0.388 e. The van der Waals surface area contributed by atoms with Gasteiger partial charge in [0.1, 0.15) is 0 Å². The van der Waals surface area contributed by atoms with Gasteiger partial charge in [-0.2, -0.15) is 0 Å². The zero-order valence-electron chi connectivity index (χ0n) is 10.2. The molecule has 0 bridgehead atoms. The monoisotopic (exact) mass is 251 g/mol. The van der Waals surface area contributed by atoms with Crippen molar-refractivity contribution in [1.82, 2.24) is 4.90 Å². The topological polar surface area (TPSA) is 70.0 Å². The summed E-state index contributed by atoms with van der Waals surface area (Å²) in [5, 5.41) is 18.9. The second-order valence-electron chi connectivity index (χ2n) is 4.48. The molecule has 0 aliphatic carbocycles. The zero-order valence-corrected chi connectivity index (χ0v) is 10.2. The fourth-order valence-electron chi connectivity index (χ4n) is 2.08. The predicted molar refractivity (Wildman–Crippen MR) is 65.1 cm³/mol. The van der Waals surface area contributed by atoms with Crippen LogP contribution in [0.25, 0.3) is 0 Å². The van der Waals surface area contributed by atoms with Crippen LogP contribution in [0, 0.1) is 0 Å². The number of methoxy groups -OCH3 is 1. The molecule has 2 rings (SSSR count). The number of aliphatic hydroxyl groups excluding tert-OH is 2. The Kier molecular flexibility index (Phi) is 3.96. The number of hydrogen-bond acceptors (Lipinski definition) is 4. The van der Waals surface area contributed by atoms with Crippen LogP contribution in [0.15, 0.2) is 24.3 Å². The van der Waals surface area contributed by atoms with Crippen LogP contribution >= 0.6 is 0 Å². The van der Waals surface area contributed by atoms with E-state index in [0.29, 0.717) is 12.2 Å². The quantitative estimate of drug-likeness (QED) is 0.794. The molecule has 1 amide bonds. The summed E-state index contributed by atoms with van der Waals surface area (Å²) in [6.45, 7) is 0.801. The minimum Gasteiger partial charge on any atom is -0.388 e. The van der Waals surface area contributed by atoms with Gasteiger partial charge in [-0.05, 0) is 17.7 Å². The number of hydrogen-bond donors (Lipinski definition) is 2. The highest BCUT2D eigenvalue weighted by atomic mass is 16.5. The summed E-state index contributed by atoms with van der Waals surface area (Å²) in [6.07, 6.45) is -1.70. The number of nitrogens with zero attached hydrogens (tertiary/aromatic N) is 1. The molecule has 1 aliphatic heterocycles. The molecular weight excluding hydrogens is 234 g/mol. The number of amides is 1. The SMILES string of the molecule is COCc1cccc(C(=O)N2CC(O)C(O)C2)c1. The summed E-state index contributed by atoms with van der Waals surface area (Å²) in [4.78, 5) is 13.6. The van der Waals surface area contributed by atoms with Crippen molar-refractivity contribution in [3.05, 3.63) is 35.4 Å². The Morgan fingerprint density at radius 1 is 1.39 bits per heavy atom. The van der Waals surface area contributed by atoms with E-state index < -0.39 is 12.2 Å². The third-order valence-electron chi connectivity index (χ3n) is 3.03. The highest BCUT2D eigenvalue weighted by Crippen LogP contribution is 2.15. The Morgan fingerprint density at radius 2 is 2.06 bits per heavy atom. The number of likely N-dealkylation sites (tertiary alicyclic amines) is 1. The predicted octanol–water partition coefficient (Wildman–Crippen LogP) is 0.0106. The number of carbonyl (C=O) groups excluding carboxylic acids is 1. The first-order valence-corrected chi connectivity index (χ1v) is 5.85. The van der Waals surface area contributed by atoms with Gasteiger partial charge in [-0.25, -0.2) is 0 Å². The number of aliphatic hydroxyl groups is 2. The van der Waals surface area contributed by atoms with Gasteiger partial charge in [-0.3, -0.25) is 4.79 Å². The van der Waals surface area contributed by atoms with E-state index in [-0.39, 0.29) is 19.0 Å². The fraction of sp³-hybridized carbons (Fsp3) is 0.462. The number of carbonyl (C=O) groups is 1. The lowest BCUT2D eigenvalue weighted by Crippen LogP contribution is -2.29. The van der Waals surface area contributed by atoms with Gasteiger partial charge in [-0.15, -0.1) is 0 Å². The van der Waals surface area contributed by atoms with Gasteiger partial charge in [0.05, 0.1) is 18.8 Å². The standard InChI is InChI=1S/C13H17NO4/c1-18-8-9-3-2-4-10(5-9)13(17)14-6-11(15)12(16)7-14/h2-5,11-12,15-16H,6-8H2,1H3. The van der Waals surface area contributed by atoms with E-state index in [0.717, 1.165) is 5.56 Å². The summed E-state index contributed by atoms with van der Waals surface area (Å²) < 4.78 is 5.02. The Balaban J connectivity index is 2.11. The third kappa shape index (κ3) is 2.69. The molecule has 0 aromatic heterocycles. The molecule has 5 nitrogen and oxygen atoms in total. The first kappa shape index (κ1) is 13.0. The van der Waals surface area contributed by atoms with E-state index in [1.54, 1.807) is 25.3 Å². The normalized spacial score (nSPS) is 23.4. The van der Waals surface area contributed by atoms with Gasteiger partial charge in [0.25, 0.3) is 5.91 Å². The average Bonchev–Trinajstić information content (AvgIpc) is 2.69. The van der Waals surface area contributed by atoms with Gasteiger partial charge in [-0.1, -0.05) is 12.1 Å². The van der Waals surface area contributed by atoms with Crippen LogP contribution in [0.4, 0.5) is 0 Å². The van der Waals surface area contributed by atoms with Gasteiger partial charge < -0.3 is 19.8 Å². The smallest absolute Gasteiger partial charge is 0.254 e. The van der Waals surface area contributed by atoms with E-state index in [9.17, 15) is 15.0 Å². The number of rotatable bonds is 3. The van der Waals surface area contributed by atoms with E-state index in [1.807, 2.05) is 6.07 Å². The summed E-state index contributed by atoms with van der Waals surface area (Å²) >= 11 is 0. The van der Waals surface area contributed by atoms with Crippen LogP contribution in [0.2, 0.25) is 0 Å². The van der Waals surface area contributed by atoms with Gasteiger partial charge in [0.15, 0.2) is 0 Å². The molecule has 2 N–H and O–H groups in total. The first-order chi connectivity index (χ1) is 8.61. The Hall–Kier alpha value is -1.43. The van der Waals surface area contributed by atoms with Crippen molar-refractivity contribution >= 4 is 5.91 Å². The highest BCUT2D eigenvalue weighted by Gasteiger charge is 2.32. The van der Waals surface area contributed by atoms with Crippen molar-refractivity contribution in [2.75, 3.05) is 20.2 Å². The summed E-state index contributed by atoms with van der Waals surface area (Å²) in [5.74, 6) is -0.177. The highest BCUT2D eigenvalue weighted by molar-refractivity contribution is 5.94. The molecular formula is C13H17NO4. The van der Waals surface area contributed by atoms with Crippen molar-refractivity contribution in [1.29, 1.82) is 0 Å². The molecule has 2 unspecified atom stereocenters. The molecule has 98 valence electrons. The minimum absolute atomic E-state index is 0.175. The summed E-state index contributed by atoms with van der Waals surface area (Å²) in [5.41, 5.74) is 1.47. The Labute approximate surface area is 106 Å². The second-order valence-corrected chi connectivity index (χ2v) is 4.48. The lowest BCUT2D eigenvalue weighted by molar-refractivity contribution is 0.0572. The first-order valence-electron chi connectivity index (χ1n) is 5.85. The van der Waals surface area contributed by atoms with Crippen LogP contribution in [0.3, 0.4) is 0 Å². The van der Waals surface area contributed by atoms with Crippen molar-refractivity contribution < 1.29 is 19.7 Å². The van der Waals surface area contributed by atoms with Crippen molar-refractivity contribution in [3.63, 3.8) is 0 Å². The molecule has 1 aromatic rings. The number of ether oxygens (including phenoxy) is 1.